The number of nitrogens with zero attached hydrogens (tertiary/aromatic N) is 1. The summed E-state index contributed by atoms with van der Waals surface area (Å²) in [6.07, 6.45) is 0.647. The number of carbonyl (C=O) groups excluding carboxylic acids is 1. The highest BCUT2D eigenvalue weighted by molar-refractivity contribution is 5.99. The molecule has 1 unspecified atom stereocenters. The minimum absolute atomic E-state index is 0.0201. The van der Waals surface area contributed by atoms with Crippen molar-refractivity contribution in [3.05, 3.63) is 23.8 Å². The van der Waals surface area contributed by atoms with Gasteiger partial charge >= 0.3 is 0 Å². The van der Waals surface area contributed by atoms with Gasteiger partial charge in [0.2, 0.25) is 5.91 Å². The number of rotatable bonds is 4. The van der Waals surface area contributed by atoms with Crippen LogP contribution in [-0.2, 0) is 16.0 Å². The summed E-state index contributed by atoms with van der Waals surface area (Å²) in [4.78, 5) is 14.0. The maximum Gasteiger partial charge on any atom is 0.242 e. The van der Waals surface area contributed by atoms with Crippen LogP contribution >= 0.6 is 0 Å². The monoisotopic (exact) mass is 249 g/mol. The van der Waals surface area contributed by atoms with Crippen LogP contribution in [0.5, 0.6) is 0 Å². The van der Waals surface area contributed by atoms with Gasteiger partial charge in [-0.2, -0.15) is 0 Å². The Morgan fingerprint density at radius 2 is 2.33 bits per heavy atom. The van der Waals surface area contributed by atoms with Crippen LogP contribution in [-0.4, -0.2) is 44.2 Å². The smallest absolute Gasteiger partial charge is 0.242 e. The number of hydrogen-bond acceptors (Lipinski definition) is 4. The van der Waals surface area contributed by atoms with Crippen molar-refractivity contribution in [1.29, 1.82) is 0 Å². The number of nitrogens with two attached hydrogens (primary N) is 1. The molecule has 0 aliphatic carbocycles. The third kappa shape index (κ3) is 2.47. The van der Waals surface area contributed by atoms with Crippen molar-refractivity contribution in [3.8, 4) is 0 Å². The topological polar surface area (TPSA) is 67.6 Å². The number of likely N-dealkylation sites (N-methyl/N-ethyl adjacent to an activating group) is 1. The van der Waals surface area contributed by atoms with Crippen LogP contribution in [0.3, 0.4) is 0 Å². The summed E-state index contributed by atoms with van der Waals surface area (Å²) in [5, 5.41) is 2.91. The number of hydrogen-bond donors (Lipinski definition) is 2. The molecule has 2 rings (SSSR count). The van der Waals surface area contributed by atoms with Crippen molar-refractivity contribution in [3.63, 3.8) is 0 Å². The summed E-state index contributed by atoms with van der Waals surface area (Å²) in [7, 11) is 3.58. The van der Waals surface area contributed by atoms with Gasteiger partial charge in [-0.25, -0.2) is 0 Å². The molecule has 0 bridgehead atoms. The molecule has 98 valence electrons. The van der Waals surface area contributed by atoms with Gasteiger partial charge in [0, 0.05) is 37.0 Å². The van der Waals surface area contributed by atoms with Gasteiger partial charge in [0.15, 0.2) is 0 Å². The van der Waals surface area contributed by atoms with Crippen molar-refractivity contribution < 1.29 is 9.53 Å². The molecule has 1 aliphatic heterocycles. The summed E-state index contributed by atoms with van der Waals surface area (Å²) in [5.74, 6) is 0.0201. The molecule has 0 radical (unpaired) electrons. The van der Waals surface area contributed by atoms with E-state index >= 15 is 0 Å². The fourth-order valence-corrected chi connectivity index (χ4v) is 2.20. The summed E-state index contributed by atoms with van der Waals surface area (Å²) in [5.41, 5.74) is 8.54. The second-order valence-corrected chi connectivity index (χ2v) is 4.56. The number of methoxy groups -OCH3 is 1. The molecule has 5 nitrogen and oxygen atoms in total. The van der Waals surface area contributed by atoms with E-state index in [9.17, 15) is 4.79 Å². The first-order valence-corrected chi connectivity index (χ1v) is 6.01. The average Bonchev–Trinajstić information content (AvgIpc) is 2.35. The molecule has 1 aromatic rings. The van der Waals surface area contributed by atoms with E-state index in [1.165, 1.54) is 0 Å². The molecule has 1 aliphatic rings. The van der Waals surface area contributed by atoms with Crippen molar-refractivity contribution in [2.75, 3.05) is 38.4 Å². The normalized spacial score (nSPS) is 18.6. The number of amides is 1. The van der Waals surface area contributed by atoms with E-state index in [2.05, 4.69) is 5.32 Å². The third-order valence-electron chi connectivity index (χ3n) is 3.35. The number of nitrogens with one attached hydrogen (secondary N) is 1. The van der Waals surface area contributed by atoms with E-state index in [1.807, 2.05) is 30.1 Å². The lowest BCUT2D eigenvalue weighted by atomic mass is 9.96. The summed E-state index contributed by atoms with van der Waals surface area (Å²) < 4.78 is 5.03. The van der Waals surface area contributed by atoms with Crippen LogP contribution < -0.4 is 11.1 Å². The Morgan fingerprint density at radius 1 is 1.56 bits per heavy atom. The molecule has 3 N–H and O–H groups in total. The van der Waals surface area contributed by atoms with E-state index in [0.717, 1.165) is 23.5 Å². The Hall–Kier alpha value is -1.59. The molecule has 18 heavy (non-hydrogen) atoms. The number of ether oxygens (including phenoxy) is 1. The standard InChI is InChI=1S/C13H19N3O2/c1-16(6-7-18-2)12-8-9-10(14)4-3-5-11(9)15-13(12)17/h3-5,12H,6-8,14H2,1-2H3,(H,15,17). The number of benzene rings is 1. The fraction of sp³-hybridized carbons (Fsp3) is 0.462. The van der Waals surface area contributed by atoms with Gasteiger partial charge in [-0.15, -0.1) is 0 Å². The molecular formula is C13H19N3O2. The van der Waals surface area contributed by atoms with Gasteiger partial charge in [-0.1, -0.05) is 6.07 Å². The van der Waals surface area contributed by atoms with E-state index in [4.69, 9.17) is 10.5 Å². The Balaban J connectivity index is 2.17. The SMILES string of the molecule is COCCN(C)C1Cc2c(N)cccc2NC1=O. The maximum atomic E-state index is 12.0. The predicted molar refractivity (Wildman–Crippen MR) is 71.5 cm³/mol. The zero-order chi connectivity index (χ0) is 13.1. The Bertz CT molecular complexity index is 448. The maximum absolute atomic E-state index is 12.0. The van der Waals surface area contributed by atoms with Gasteiger partial charge in [-0.3, -0.25) is 9.69 Å². The lowest BCUT2D eigenvalue weighted by molar-refractivity contribution is -0.121. The molecule has 0 fully saturated rings. The van der Waals surface area contributed by atoms with Gasteiger partial charge < -0.3 is 15.8 Å². The minimum Gasteiger partial charge on any atom is -0.398 e. The molecule has 1 amide bonds. The Labute approximate surface area is 107 Å². The first-order valence-electron chi connectivity index (χ1n) is 6.01. The second kappa shape index (κ2) is 5.37. The average molecular weight is 249 g/mol. The summed E-state index contributed by atoms with van der Waals surface area (Å²) in [6, 6.07) is 5.42. The van der Waals surface area contributed by atoms with Gasteiger partial charge in [0.1, 0.15) is 0 Å². The molecule has 0 spiro atoms. The zero-order valence-electron chi connectivity index (χ0n) is 10.8. The van der Waals surface area contributed by atoms with E-state index in [1.54, 1.807) is 7.11 Å². The quantitative estimate of drug-likeness (QED) is 0.771. The van der Waals surface area contributed by atoms with E-state index in [-0.39, 0.29) is 11.9 Å². The van der Waals surface area contributed by atoms with Crippen LogP contribution in [0.15, 0.2) is 18.2 Å². The van der Waals surface area contributed by atoms with Crippen LogP contribution in [0.2, 0.25) is 0 Å². The number of nitrogen functional groups attached to an aromatic ring is 1. The van der Waals surface area contributed by atoms with Crippen LogP contribution in [0.25, 0.3) is 0 Å². The number of fused-ring (bicyclic) bond motifs is 1. The Morgan fingerprint density at radius 3 is 3.06 bits per heavy atom. The van der Waals surface area contributed by atoms with E-state index in [0.29, 0.717) is 13.0 Å². The molecule has 1 heterocycles. The van der Waals surface area contributed by atoms with Crippen molar-refractivity contribution in [1.82, 2.24) is 4.90 Å². The van der Waals surface area contributed by atoms with Crippen molar-refractivity contribution in [2.24, 2.45) is 0 Å². The van der Waals surface area contributed by atoms with Gasteiger partial charge in [0.25, 0.3) is 0 Å². The molecule has 1 atom stereocenters. The molecule has 1 aromatic carbocycles. The van der Waals surface area contributed by atoms with Crippen LogP contribution in [0, 0.1) is 0 Å². The largest absolute Gasteiger partial charge is 0.398 e. The first kappa shape index (κ1) is 12.9. The molecule has 0 saturated carbocycles. The lowest BCUT2D eigenvalue weighted by Crippen LogP contribution is -2.47. The Kier molecular flexibility index (Phi) is 3.84. The summed E-state index contributed by atoms with van der Waals surface area (Å²) >= 11 is 0. The van der Waals surface area contributed by atoms with E-state index < -0.39 is 0 Å². The highest BCUT2D eigenvalue weighted by Crippen LogP contribution is 2.28. The third-order valence-corrected chi connectivity index (χ3v) is 3.35. The lowest BCUT2D eigenvalue weighted by Gasteiger charge is -2.32. The van der Waals surface area contributed by atoms with Crippen LogP contribution in [0.4, 0.5) is 11.4 Å². The van der Waals surface area contributed by atoms with Gasteiger partial charge in [0.05, 0.1) is 12.6 Å². The van der Waals surface area contributed by atoms with Crippen LogP contribution in [0.1, 0.15) is 5.56 Å². The number of carbonyl (C=O) groups is 1. The molecule has 0 saturated heterocycles. The highest BCUT2D eigenvalue weighted by Gasteiger charge is 2.30. The molecule has 5 heteroatoms. The van der Waals surface area contributed by atoms with Crippen molar-refractivity contribution in [2.45, 2.75) is 12.5 Å². The second-order valence-electron chi connectivity index (χ2n) is 4.56. The minimum atomic E-state index is -0.183. The van der Waals surface area contributed by atoms with Crippen molar-refractivity contribution >= 4 is 17.3 Å². The molecule has 0 aromatic heterocycles. The zero-order valence-corrected chi connectivity index (χ0v) is 10.8. The fourth-order valence-electron chi connectivity index (χ4n) is 2.20. The molecular weight excluding hydrogens is 230 g/mol. The predicted octanol–water partition coefficient (Wildman–Crippen LogP) is 0.710. The first-order chi connectivity index (χ1) is 8.63. The summed E-state index contributed by atoms with van der Waals surface area (Å²) in [6.45, 7) is 1.33. The number of anilines is 2. The van der Waals surface area contributed by atoms with Gasteiger partial charge in [-0.05, 0) is 19.2 Å². The highest BCUT2D eigenvalue weighted by atomic mass is 16.5.